The fourth-order valence-electron chi connectivity index (χ4n) is 1.94. The Hall–Kier alpha value is -1.10. The van der Waals surface area contributed by atoms with Crippen LogP contribution in [-0.2, 0) is 4.74 Å². The fraction of sp³-hybridized carbons (Fsp3) is 0.267. The molecule has 106 valence electrons. The number of carbonyl (C=O) groups excluding carboxylic acids is 1. The van der Waals surface area contributed by atoms with Gasteiger partial charge in [0.15, 0.2) is 17.3 Å². The smallest absolute Gasteiger partial charge is 0.197 e. The largest absolute Gasteiger partial charge is 0.454 e. The average molecular weight is 358 g/mol. The number of ketones is 1. The number of hydrogen-bond acceptors (Lipinski definition) is 3. The molecule has 1 atom stereocenters. The number of Topliss-reactive ketones (excluding diaryl/α,β-unsaturated/α-hetero) is 1. The molecule has 0 aliphatic rings. The highest BCUT2D eigenvalue weighted by atomic mass is 79.9. The molecule has 2 rings (SSSR count). The predicted octanol–water partition coefficient (Wildman–Crippen LogP) is 5.02. The van der Waals surface area contributed by atoms with Crippen molar-refractivity contribution in [1.29, 1.82) is 0 Å². The zero-order chi connectivity index (χ0) is 14.7. The molecule has 0 fully saturated rings. The molecule has 0 spiro atoms. The number of furan rings is 1. The van der Waals surface area contributed by atoms with E-state index in [2.05, 4.69) is 15.9 Å². The molecule has 1 unspecified atom stereocenters. The van der Waals surface area contributed by atoms with Crippen molar-refractivity contribution in [2.45, 2.75) is 19.4 Å². The van der Waals surface area contributed by atoms with Gasteiger partial charge in [0.25, 0.3) is 0 Å². The maximum absolute atomic E-state index is 11.7. The molecule has 0 radical (unpaired) electrons. The molecule has 1 heterocycles. The summed E-state index contributed by atoms with van der Waals surface area (Å²) in [6.07, 6.45) is -0.0183. The van der Waals surface area contributed by atoms with Crippen molar-refractivity contribution in [3.05, 3.63) is 56.9 Å². The molecule has 20 heavy (non-hydrogen) atoms. The van der Waals surface area contributed by atoms with E-state index >= 15 is 0 Å². The predicted molar refractivity (Wildman–Crippen MR) is 81.3 cm³/mol. The Labute approximate surface area is 131 Å². The minimum Gasteiger partial charge on any atom is -0.454 e. The number of ether oxygens (including phenoxy) is 1. The van der Waals surface area contributed by atoms with Crippen LogP contribution in [-0.4, -0.2) is 12.9 Å². The molecule has 2 aromatic rings. The monoisotopic (exact) mass is 356 g/mol. The second-order valence-corrected chi connectivity index (χ2v) is 5.56. The van der Waals surface area contributed by atoms with E-state index in [9.17, 15) is 4.79 Å². The van der Waals surface area contributed by atoms with Crippen LogP contribution in [0.1, 0.15) is 41.3 Å². The molecule has 0 saturated carbocycles. The molecule has 5 heteroatoms. The summed E-state index contributed by atoms with van der Waals surface area (Å²) < 4.78 is 11.9. The Kier molecular flexibility index (Phi) is 5.02. The summed E-state index contributed by atoms with van der Waals surface area (Å²) in [7, 11) is 1.59. The summed E-state index contributed by atoms with van der Waals surface area (Å²) in [5.74, 6) is 0.850. The minimum absolute atomic E-state index is 0.0436. The fourth-order valence-corrected chi connectivity index (χ4v) is 2.63. The second kappa shape index (κ2) is 6.57. The third kappa shape index (κ3) is 3.14. The van der Waals surface area contributed by atoms with Crippen LogP contribution in [0.2, 0.25) is 5.02 Å². The number of rotatable bonds is 5. The van der Waals surface area contributed by atoms with Crippen LogP contribution in [0.15, 0.2) is 39.2 Å². The molecule has 1 aromatic heterocycles. The van der Waals surface area contributed by atoms with Gasteiger partial charge in [-0.3, -0.25) is 4.79 Å². The summed E-state index contributed by atoms with van der Waals surface area (Å²) in [6.45, 7) is 1.79. The molecule has 3 nitrogen and oxygen atoms in total. The Morgan fingerprint density at radius 2 is 2.20 bits per heavy atom. The lowest BCUT2D eigenvalue weighted by Gasteiger charge is -2.14. The van der Waals surface area contributed by atoms with Gasteiger partial charge >= 0.3 is 0 Å². The lowest BCUT2D eigenvalue weighted by molar-refractivity contribution is 0.0932. The van der Waals surface area contributed by atoms with E-state index in [0.29, 0.717) is 27.4 Å². The first kappa shape index (κ1) is 15.3. The maximum Gasteiger partial charge on any atom is 0.197 e. The maximum atomic E-state index is 11.7. The van der Waals surface area contributed by atoms with E-state index in [1.807, 2.05) is 18.2 Å². The van der Waals surface area contributed by atoms with E-state index in [4.69, 9.17) is 20.8 Å². The van der Waals surface area contributed by atoms with Crippen LogP contribution < -0.4 is 0 Å². The van der Waals surface area contributed by atoms with Crippen LogP contribution in [0, 0.1) is 0 Å². The summed E-state index contributed by atoms with van der Waals surface area (Å²) in [6, 6.07) is 9.03. The van der Waals surface area contributed by atoms with Gasteiger partial charge in [0, 0.05) is 24.6 Å². The van der Waals surface area contributed by atoms with Gasteiger partial charge in [0.1, 0.15) is 6.10 Å². The van der Waals surface area contributed by atoms with E-state index in [-0.39, 0.29) is 5.78 Å². The highest BCUT2D eigenvalue weighted by molar-refractivity contribution is 9.10. The van der Waals surface area contributed by atoms with Crippen LogP contribution in [0.5, 0.6) is 0 Å². The second-order valence-electron chi connectivity index (χ2n) is 4.27. The highest BCUT2D eigenvalue weighted by Gasteiger charge is 2.23. The van der Waals surface area contributed by atoms with Crippen molar-refractivity contribution in [3.8, 4) is 0 Å². The van der Waals surface area contributed by atoms with Crippen LogP contribution in [0.3, 0.4) is 0 Å². The zero-order valence-electron chi connectivity index (χ0n) is 11.2. The van der Waals surface area contributed by atoms with Gasteiger partial charge < -0.3 is 9.15 Å². The molecule has 0 aliphatic heterocycles. The van der Waals surface area contributed by atoms with Gasteiger partial charge in [0.05, 0.1) is 4.47 Å². The average Bonchev–Trinajstić information content (AvgIpc) is 2.81. The molecule has 0 N–H and O–H groups in total. The molecule has 0 bridgehead atoms. The van der Waals surface area contributed by atoms with Gasteiger partial charge in [-0.15, -0.1) is 0 Å². The Morgan fingerprint density at radius 1 is 1.45 bits per heavy atom. The van der Waals surface area contributed by atoms with Crippen LogP contribution in [0.4, 0.5) is 0 Å². The number of halogens is 2. The van der Waals surface area contributed by atoms with Crippen molar-refractivity contribution in [3.63, 3.8) is 0 Å². The zero-order valence-corrected chi connectivity index (χ0v) is 13.5. The van der Waals surface area contributed by atoms with Gasteiger partial charge in [-0.1, -0.05) is 30.7 Å². The number of benzene rings is 1. The molecular weight excluding hydrogens is 344 g/mol. The molecular formula is C15H14BrClO3. The number of methoxy groups -OCH3 is 1. The van der Waals surface area contributed by atoms with Crippen molar-refractivity contribution in [2.24, 2.45) is 0 Å². The summed E-state index contributed by atoms with van der Waals surface area (Å²) in [5.41, 5.74) is 0.866. The SMILES string of the molecule is CCC(=O)c1cc(Br)c(C(OC)c2cccc(Cl)c2)o1. The quantitative estimate of drug-likeness (QED) is 0.705. The van der Waals surface area contributed by atoms with E-state index < -0.39 is 6.10 Å². The first-order chi connectivity index (χ1) is 9.56. The third-order valence-corrected chi connectivity index (χ3v) is 3.79. The minimum atomic E-state index is -0.415. The van der Waals surface area contributed by atoms with E-state index in [1.54, 1.807) is 26.2 Å². The Bertz CT molecular complexity index is 621. The van der Waals surface area contributed by atoms with Gasteiger partial charge in [0.2, 0.25) is 0 Å². The van der Waals surface area contributed by atoms with Crippen LogP contribution >= 0.6 is 27.5 Å². The van der Waals surface area contributed by atoms with E-state index in [0.717, 1.165) is 5.56 Å². The third-order valence-electron chi connectivity index (χ3n) is 2.93. The van der Waals surface area contributed by atoms with Crippen molar-refractivity contribution in [2.75, 3.05) is 7.11 Å². The number of hydrogen-bond donors (Lipinski definition) is 0. The standard InChI is InChI=1S/C15H14BrClO3/c1-3-12(18)13-8-11(16)15(20-13)14(19-2)9-5-4-6-10(17)7-9/h4-8,14H,3H2,1-2H3. The van der Waals surface area contributed by atoms with Crippen LogP contribution in [0.25, 0.3) is 0 Å². The van der Waals surface area contributed by atoms with Gasteiger partial charge in [-0.25, -0.2) is 0 Å². The first-order valence-electron chi connectivity index (χ1n) is 6.17. The molecule has 1 aromatic carbocycles. The topological polar surface area (TPSA) is 39.4 Å². The Balaban J connectivity index is 2.42. The van der Waals surface area contributed by atoms with Gasteiger partial charge in [-0.2, -0.15) is 0 Å². The van der Waals surface area contributed by atoms with Crippen molar-refractivity contribution >= 4 is 33.3 Å². The normalized spacial score (nSPS) is 12.4. The first-order valence-corrected chi connectivity index (χ1v) is 7.34. The van der Waals surface area contributed by atoms with Crippen molar-refractivity contribution in [1.82, 2.24) is 0 Å². The number of carbonyl (C=O) groups is 1. The molecule has 0 aliphatic carbocycles. The highest BCUT2D eigenvalue weighted by Crippen LogP contribution is 2.34. The Morgan fingerprint density at radius 3 is 2.80 bits per heavy atom. The summed E-state index contributed by atoms with van der Waals surface area (Å²) >= 11 is 9.41. The van der Waals surface area contributed by atoms with Crippen molar-refractivity contribution < 1.29 is 13.9 Å². The summed E-state index contributed by atoms with van der Waals surface area (Å²) in [5, 5.41) is 0.622. The van der Waals surface area contributed by atoms with Gasteiger partial charge in [-0.05, 0) is 33.6 Å². The lowest BCUT2D eigenvalue weighted by atomic mass is 10.1. The summed E-state index contributed by atoms with van der Waals surface area (Å²) in [4.78, 5) is 11.7. The van der Waals surface area contributed by atoms with E-state index in [1.165, 1.54) is 0 Å². The lowest BCUT2D eigenvalue weighted by Crippen LogP contribution is -2.03. The molecule has 0 saturated heterocycles. The molecule has 0 amide bonds.